The SMILES string of the molecule is C/C=C/c1ccc(OCC(=O)OC(C)C(=O)N2CCNC2=O)c(OC)c1. The molecule has 1 N–H and O–H groups in total. The summed E-state index contributed by atoms with van der Waals surface area (Å²) in [5.41, 5.74) is 0.933. The van der Waals surface area contributed by atoms with E-state index >= 15 is 0 Å². The van der Waals surface area contributed by atoms with Gasteiger partial charge >= 0.3 is 12.0 Å². The minimum absolute atomic E-state index is 0.256. The van der Waals surface area contributed by atoms with Gasteiger partial charge in [0.2, 0.25) is 0 Å². The maximum absolute atomic E-state index is 12.1. The first-order chi connectivity index (χ1) is 12.5. The van der Waals surface area contributed by atoms with Crippen molar-refractivity contribution in [2.45, 2.75) is 20.0 Å². The molecule has 1 atom stereocenters. The lowest BCUT2D eigenvalue weighted by Crippen LogP contribution is -2.42. The number of allylic oxidation sites excluding steroid dienone is 1. The molecule has 8 nitrogen and oxygen atoms in total. The van der Waals surface area contributed by atoms with Crippen LogP contribution in [0, 0.1) is 0 Å². The Morgan fingerprint density at radius 2 is 2.12 bits per heavy atom. The van der Waals surface area contributed by atoms with Gasteiger partial charge in [0.15, 0.2) is 24.2 Å². The van der Waals surface area contributed by atoms with E-state index in [-0.39, 0.29) is 13.2 Å². The first-order valence-corrected chi connectivity index (χ1v) is 8.18. The summed E-state index contributed by atoms with van der Waals surface area (Å²) in [6, 6.07) is 4.80. The zero-order valence-corrected chi connectivity index (χ0v) is 15.0. The molecule has 1 aromatic rings. The average molecular weight is 362 g/mol. The van der Waals surface area contributed by atoms with Crippen molar-refractivity contribution in [1.29, 1.82) is 0 Å². The van der Waals surface area contributed by atoms with Crippen LogP contribution in [-0.4, -0.2) is 55.7 Å². The molecule has 0 aromatic heterocycles. The molecule has 2 rings (SSSR count). The molecule has 1 aliphatic rings. The van der Waals surface area contributed by atoms with Crippen LogP contribution in [0.15, 0.2) is 24.3 Å². The fraction of sp³-hybridized carbons (Fsp3) is 0.389. The van der Waals surface area contributed by atoms with Gasteiger partial charge in [0.25, 0.3) is 5.91 Å². The highest BCUT2D eigenvalue weighted by Gasteiger charge is 2.31. The number of rotatable bonds is 7. The summed E-state index contributed by atoms with van der Waals surface area (Å²) >= 11 is 0. The number of hydrogen-bond acceptors (Lipinski definition) is 6. The van der Waals surface area contributed by atoms with Gasteiger partial charge in [-0.25, -0.2) is 9.59 Å². The van der Waals surface area contributed by atoms with E-state index in [2.05, 4.69) is 5.32 Å². The van der Waals surface area contributed by atoms with E-state index in [9.17, 15) is 14.4 Å². The van der Waals surface area contributed by atoms with Crippen molar-refractivity contribution < 1.29 is 28.6 Å². The lowest BCUT2D eigenvalue weighted by Gasteiger charge is -2.18. The van der Waals surface area contributed by atoms with Crippen molar-refractivity contribution in [3.8, 4) is 11.5 Å². The highest BCUT2D eigenvalue weighted by atomic mass is 16.6. The molecule has 1 aliphatic heterocycles. The Balaban J connectivity index is 1.90. The molecular formula is C18H22N2O6. The minimum atomic E-state index is -1.08. The molecule has 1 saturated heterocycles. The molecule has 1 heterocycles. The summed E-state index contributed by atoms with van der Waals surface area (Å²) in [5.74, 6) is -0.423. The summed E-state index contributed by atoms with van der Waals surface area (Å²) < 4.78 is 15.7. The Hall–Kier alpha value is -3.03. The van der Waals surface area contributed by atoms with Crippen molar-refractivity contribution in [3.05, 3.63) is 29.8 Å². The number of benzene rings is 1. The van der Waals surface area contributed by atoms with Crippen LogP contribution in [0.4, 0.5) is 4.79 Å². The Labute approximate surface area is 151 Å². The third-order valence-corrected chi connectivity index (χ3v) is 3.67. The van der Waals surface area contributed by atoms with E-state index in [0.717, 1.165) is 10.5 Å². The monoisotopic (exact) mass is 362 g/mol. The smallest absolute Gasteiger partial charge is 0.344 e. The largest absolute Gasteiger partial charge is 0.493 e. The molecule has 1 aromatic carbocycles. The lowest BCUT2D eigenvalue weighted by molar-refractivity contribution is -0.159. The van der Waals surface area contributed by atoms with Crippen LogP contribution in [0.1, 0.15) is 19.4 Å². The molecule has 0 bridgehead atoms. The van der Waals surface area contributed by atoms with Gasteiger partial charge in [0.05, 0.1) is 7.11 Å². The van der Waals surface area contributed by atoms with Crippen LogP contribution in [0.5, 0.6) is 11.5 Å². The molecule has 8 heteroatoms. The van der Waals surface area contributed by atoms with Crippen LogP contribution < -0.4 is 14.8 Å². The summed E-state index contributed by atoms with van der Waals surface area (Å²) in [7, 11) is 1.50. The molecule has 0 saturated carbocycles. The van der Waals surface area contributed by atoms with Crippen molar-refractivity contribution >= 4 is 24.0 Å². The number of carbonyl (C=O) groups excluding carboxylic acids is 3. The second kappa shape index (κ2) is 8.89. The Bertz CT molecular complexity index is 716. The molecule has 0 radical (unpaired) electrons. The number of amides is 3. The first kappa shape index (κ1) is 19.3. The maximum Gasteiger partial charge on any atom is 0.344 e. The van der Waals surface area contributed by atoms with Crippen LogP contribution in [0.2, 0.25) is 0 Å². The average Bonchev–Trinajstić information content (AvgIpc) is 3.05. The predicted molar refractivity (Wildman–Crippen MR) is 93.9 cm³/mol. The van der Waals surface area contributed by atoms with E-state index in [4.69, 9.17) is 14.2 Å². The van der Waals surface area contributed by atoms with Crippen molar-refractivity contribution in [1.82, 2.24) is 10.2 Å². The fourth-order valence-electron chi connectivity index (χ4n) is 2.42. The second-order valence-electron chi connectivity index (χ2n) is 5.55. The maximum atomic E-state index is 12.1. The van der Waals surface area contributed by atoms with Crippen LogP contribution in [0.25, 0.3) is 6.08 Å². The Morgan fingerprint density at radius 3 is 2.73 bits per heavy atom. The Morgan fingerprint density at radius 1 is 1.35 bits per heavy atom. The molecule has 140 valence electrons. The van der Waals surface area contributed by atoms with Crippen LogP contribution in [-0.2, 0) is 14.3 Å². The minimum Gasteiger partial charge on any atom is -0.493 e. The number of carbonyl (C=O) groups is 3. The summed E-state index contributed by atoms with van der Waals surface area (Å²) in [5, 5.41) is 2.51. The topological polar surface area (TPSA) is 94.2 Å². The summed E-state index contributed by atoms with van der Waals surface area (Å²) in [4.78, 5) is 36.5. The number of hydrogen-bond donors (Lipinski definition) is 1. The molecule has 0 spiro atoms. The predicted octanol–water partition coefficient (Wildman–Crippen LogP) is 1.59. The van der Waals surface area contributed by atoms with Crippen molar-refractivity contribution in [3.63, 3.8) is 0 Å². The van der Waals surface area contributed by atoms with E-state index in [1.165, 1.54) is 14.0 Å². The van der Waals surface area contributed by atoms with Crippen LogP contribution in [0.3, 0.4) is 0 Å². The summed E-state index contributed by atoms with van der Waals surface area (Å²) in [6.07, 6.45) is 2.72. The third kappa shape index (κ3) is 4.75. The zero-order chi connectivity index (χ0) is 19.1. The highest BCUT2D eigenvalue weighted by molar-refractivity contribution is 5.98. The number of nitrogens with one attached hydrogen (secondary N) is 1. The van der Waals surface area contributed by atoms with Gasteiger partial charge in [-0.2, -0.15) is 0 Å². The molecule has 3 amide bonds. The van der Waals surface area contributed by atoms with Crippen LogP contribution >= 0.6 is 0 Å². The fourth-order valence-corrected chi connectivity index (χ4v) is 2.42. The molecular weight excluding hydrogens is 340 g/mol. The van der Waals surface area contributed by atoms with Gasteiger partial charge in [0, 0.05) is 13.1 Å². The normalized spacial score (nSPS) is 14.9. The van der Waals surface area contributed by atoms with E-state index < -0.39 is 24.0 Å². The number of esters is 1. The number of ether oxygens (including phenoxy) is 3. The van der Waals surface area contributed by atoms with Crippen molar-refractivity contribution in [2.75, 3.05) is 26.8 Å². The van der Waals surface area contributed by atoms with E-state index in [0.29, 0.717) is 18.0 Å². The van der Waals surface area contributed by atoms with Gasteiger partial charge in [-0.15, -0.1) is 0 Å². The zero-order valence-electron chi connectivity index (χ0n) is 15.0. The van der Waals surface area contributed by atoms with Gasteiger partial charge in [-0.1, -0.05) is 18.2 Å². The van der Waals surface area contributed by atoms with Gasteiger partial charge in [-0.05, 0) is 31.5 Å². The number of urea groups is 1. The third-order valence-electron chi connectivity index (χ3n) is 3.67. The Kier molecular flexibility index (Phi) is 6.60. The number of methoxy groups -OCH3 is 1. The molecule has 0 aliphatic carbocycles. The second-order valence-corrected chi connectivity index (χ2v) is 5.55. The quantitative estimate of drug-likeness (QED) is 0.741. The van der Waals surface area contributed by atoms with Gasteiger partial charge in [-0.3, -0.25) is 9.69 Å². The number of imide groups is 1. The summed E-state index contributed by atoms with van der Waals surface area (Å²) in [6.45, 7) is 3.58. The van der Waals surface area contributed by atoms with E-state index in [1.54, 1.807) is 12.1 Å². The molecule has 26 heavy (non-hydrogen) atoms. The van der Waals surface area contributed by atoms with Gasteiger partial charge < -0.3 is 19.5 Å². The molecule has 1 fully saturated rings. The van der Waals surface area contributed by atoms with E-state index in [1.807, 2.05) is 25.1 Å². The first-order valence-electron chi connectivity index (χ1n) is 8.18. The standard InChI is InChI=1S/C18H22N2O6/c1-4-5-13-6-7-14(15(10-13)24-3)25-11-16(21)26-12(2)17(22)20-9-8-19-18(20)23/h4-7,10,12H,8-9,11H2,1-3H3,(H,19,23)/b5-4+. The van der Waals surface area contributed by atoms with Crippen molar-refractivity contribution in [2.24, 2.45) is 0 Å². The van der Waals surface area contributed by atoms with Gasteiger partial charge in [0.1, 0.15) is 0 Å². The molecule has 1 unspecified atom stereocenters. The number of nitrogens with zero attached hydrogens (tertiary/aromatic N) is 1. The lowest BCUT2D eigenvalue weighted by atomic mass is 10.2. The highest BCUT2D eigenvalue weighted by Crippen LogP contribution is 2.28.